The summed E-state index contributed by atoms with van der Waals surface area (Å²) in [6.45, 7) is 0. The predicted octanol–water partition coefficient (Wildman–Crippen LogP) is 6.72. The van der Waals surface area contributed by atoms with Gasteiger partial charge in [0.2, 0.25) is 0 Å². The third kappa shape index (κ3) is 3.38. The minimum absolute atomic E-state index is 0.0142. The van der Waals surface area contributed by atoms with Gasteiger partial charge in [0.25, 0.3) is 0 Å². The van der Waals surface area contributed by atoms with E-state index in [0.29, 0.717) is 30.6 Å². The molecule has 9 heteroatoms. The van der Waals surface area contributed by atoms with Gasteiger partial charge in [-0.3, -0.25) is 0 Å². The number of fused-ring (bicyclic) bond motifs is 3. The zero-order valence-electron chi connectivity index (χ0n) is 17.5. The van der Waals surface area contributed by atoms with Gasteiger partial charge in [0.05, 0.1) is 0 Å². The van der Waals surface area contributed by atoms with Crippen LogP contribution in [0.4, 0.5) is 17.6 Å². The normalized spacial score (nSPS) is 28.9. The molecule has 3 atom stereocenters. The highest BCUT2D eigenvalue weighted by Gasteiger charge is 2.73. The number of halogens is 4. The highest BCUT2D eigenvalue weighted by Crippen LogP contribution is 2.65. The SMILES string of the molecule is O=S(=O)(OS1(c2ccc3ccccc3c2)CCCC1)C(F)(F)C(F)(F)C1CC2CCC1C2. The van der Waals surface area contributed by atoms with Crippen molar-refractivity contribution in [2.24, 2.45) is 17.8 Å². The summed E-state index contributed by atoms with van der Waals surface area (Å²) in [6.07, 6.45) is 2.84. The second-order valence-electron chi connectivity index (χ2n) is 9.38. The Balaban J connectivity index is 1.49. The number of hydrogen-bond acceptors (Lipinski definition) is 3. The van der Waals surface area contributed by atoms with Gasteiger partial charge in [0, 0.05) is 22.3 Å². The summed E-state index contributed by atoms with van der Waals surface area (Å²) >= 11 is 0. The van der Waals surface area contributed by atoms with Crippen molar-refractivity contribution in [1.29, 1.82) is 0 Å². The molecule has 0 aromatic heterocycles. The average Bonchev–Trinajstić information content (AvgIpc) is 3.51. The van der Waals surface area contributed by atoms with E-state index in [1.165, 1.54) is 0 Å². The van der Waals surface area contributed by atoms with Gasteiger partial charge in [-0.25, -0.2) is 3.63 Å². The van der Waals surface area contributed by atoms with Gasteiger partial charge in [0.15, 0.2) is 0 Å². The Morgan fingerprint density at radius 3 is 2.22 bits per heavy atom. The second-order valence-corrected chi connectivity index (χ2v) is 14.3. The molecule has 0 amide bonds. The molecular weight excluding hydrogens is 464 g/mol. The zero-order valence-corrected chi connectivity index (χ0v) is 19.1. The van der Waals surface area contributed by atoms with Crippen molar-refractivity contribution >= 4 is 31.2 Å². The number of alkyl halides is 4. The lowest BCUT2D eigenvalue weighted by molar-refractivity contribution is -0.202. The highest BCUT2D eigenvalue weighted by molar-refractivity contribution is 8.33. The minimum Gasteiger partial charge on any atom is -0.211 e. The summed E-state index contributed by atoms with van der Waals surface area (Å²) in [7, 11) is -8.53. The molecule has 0 radical (unpaired) electrons. The Hall–Kier alpha value is -1.32. The topological polar surface area (TPSA) is 43.4 Å². The van der Waals surface area contributed by atoms with Gasteiger partial charge in [-0.05, 0) is 66.8 Å². The van der Waals surface area contributed by atoms with E-state index in [0.717, 1.165) is 17.2 Å². The minimum atomic E-state index is -5.86. The molecule has 2 aromatic rings. The molecule has 176 valence electrons. The van der Waals surface area contributed by atoms with E-state index in [9.17, 15) is 8.42 Å². The van der Waals surface area contributed by atoms with Crippen molar-refractivity contribution in [3.8, 4) is 0 Å². The summed E-state index contributed by atoms with van der Waals surface area (Å²) in [5.74, 6) is -6.32. The first-order chi connectivity index (χ1) is 15.1. The van der Waals surface area contributed by atoms with Crippen LogP contribution >= 0.6 is 10.3 Å². The molecule has 3 unspecified atom stereocenters. The second kappa shape index (κ2) is 7.60. The van der Waals surface area contributed by atoms with Crippen LogP contribution in [0.2, 0.25) is 0 Å². The van der Waals surface area contributed by atoms with Crippen molar-refractivity contribution < 1.29 is 29.6 Å². The molecule has 3 aliphatic rings. The Morgan fingerprint density at radius 2 is 1.59 bits per heavy atom. The highest BCUT2D eigenvalue weighted by atomic mass is 32.3. The van der Waals surface area contributed by atoms with Crippen LogP contribution in [-0.2, 0) is 13.7 Å². The van der Waals surface area contributed by atoms with Crippen LogP contribution in [0, 0.1) is 17.8 Å². The van der Waals surface area contributed by atoms with Crippen LogP contribution in [0.15, 0.2) is 47.4 Å². The average molecular weight is 491 g/mol. The predicted molar refractivity (Wildman–Crippen MR) is 118 cm³/mol. The third-order valence-electron chi connectivity index (χ3n) is 7.47. The van der Waals surface area contributed by atoms with Gasteiger partial charge in [0.1, 0.15) is 0 Å². The molecule has 1 aliphatic heterocycles. The summed E-state index contributed by atoms with van der Waals surface area (Å²) in [5, 5.41) is -3.53. The fourth-order valence-electron chi connectivity index (χ4n) is 5.80. The first kappa shape index (κ1) is 22.5. The lowest BCUT2D eigenvalue weighted by atomic mass is 9.84. The molecule has 2 aliphatic carbocycles. The van der Waals surface area contributed by atoms with Crippen LogP contribution in [0.1, 0.15) is 38.5 Å². The smallest absolute Gasteiger partial charge is 0.211 e. The first-order valence-corrected chi connectivity index (χ1v) is 14.3. The zero-order chi connectivity index (χ0) is 22.8. The quantitative estimate of drug-likeness (QED) is 0.422. The largest absolute Gasteiger partial charge is 0.432 e. The number of hydrogen-bond donors (Lipinski definition) is 0. The van der Waals surface area contributed by atoms with E-state index < -0.39 is 43.4 Å². The van der Waals surface area contributed by atoms with Crippen molar-refractivity contribution in [1.82, 2.24) is 0 Å². The monoisotopic (exact) mass is 490 g/mol. The van der Waals surface area contributed by atoms with E-state index in [-0.39, 0.29) is 23.8 Å². The lowest BCUT2D eigenvalue weighted by Gasteiger charge is -2.39. The Morgan fingerprint density at radius 1 is 0.906 bits per heavy atom. The van der Waals surface area contributed by atoms with Crippen LogP contribution in [0.25, 0.3) is 10.8 Å². The van der Waals surface area contributed by atoms with Crippen molar-refractivity contribution in [2.75, 3.05) is 11.5 Å². The van der Waals surface area contributed by atoms with Crippen LogP contribution < -0.4 is 0 Å². The molecule has 5 rings (SSSR count). The molecular formula is C23H26F4O3S2. The third-order valence-corrected chi connectivity index (χ3v) is 13.1. The Labute approximate surface area is 187 Å². The van der Waals surface area contributed by atoms with Gasteiger partial charge in [-0.1, -0.05) is 47.1 Å². The Kier molecular flexibility index (Phi) is 5.34. The van der Waals surface area contributed by atoms with E-state index in [1.54, 1.807) is 18.2 Å². The molecule has 2 saturated carbocycles. The molecule has 3 fully saturated rings. The molecule has 2 bridgehead atoms. The van der Waals surface area contributed by atoms with E-state index in [2.05, 4.69) is 0 Å². The van der Waals surface area contributed by atoms with Crippen molar-refractivity contribution in [3.63, 3.8) is 0 Å². The molecule has 1 saturated heterocycles. The number of rotatable bonds is 6. The summed E-state index contributed by atoms with van der Waals surface area (Å²) < 4.78 is 91.2. The summed E-state index contributed by atoms with van der Waals surface area (Å²) in [5.41, 5.74) is 0. The number of benzene rings is 2. The van der Waals surface area contributed by atoms with Crippen molar-refractivity contribution in [3.05, 3.63) is 42.5 Å². The molecule has 32 heavy (non-hydrogen) atoms. The first-order valence-electron chi connectivity index (χ1n) is 11.0. The lowest BCUT2D eigenvalue weighted by Crippen LogP contribution is -2.53. The maximum atomic E-state index is 15.1. The maximum absolute atomic E-state index is 15.1. The van der Waals surface area contributed by atoms with Crippen LogP contribution in [-0.4, -0.2) is 31.1 Å². The maximum Gasteiger partial charge on any atom is 0.432 e. The molecule has 3 nitrogen and oxygen atoms in total. The fraction of sp³-hybridized carbons (Fsp3) is 0.565. The molecule has 1 heterocycles. The molecule has 0 spiro atoms. The van der Waals surface area contributed by atoms with Gasteiger partial charge in [-0.15, -0.1) is 0 Å². The van der Waals surface area contributed by atoms with Gasteiger partial charge in [-0.2, -0.15) is 26.0 Å². The standard InChI is InChI=1S/C23H26F4O3S2/c24-22(25,21-14-16-7-8-19(21)13-16)23(26,27)32(28,29)30-31(11-3-4-12-31)20-10-9-17-5-1-2-6-18(17)15-20/h1-2,5-6,9-10,15-16,19,21H,3-4,7-8,11-14H2. The van der Waals surface area contributed by atoms with E-state index in [1.807, 2.05) is 24.3 Å². The summed E-state index contributed by atoms with van der Waals surface area (Å²) in [6, 6.07) is 12.6. The van der Waals surface area contributed by atoms with Crippen LogP contribution in [0.3, 0.4) is 0 Å². The Bertz CT molecular complexity index is 1130. The fourth-order valence-corrected chi connectivity index (χ4v) is 11.5. The molecule has 2 aromatic carbocycles. The summed E-state index contributed by atoms with van der Waals surface area (Å²) in [4.78, 5) is 0.510. The van der Waals surface area contributed by atoms with Crippen LogP contribution in [0.5, 0.6) is 0 Å². The molecule has 0 N–H and O–H groups in total. The van der Waals surface area contributed by atoms with Crippen molar-refractivity contribution in [2.45, 2.75) is 54.6 Å². The van der Waals surface area contributed by atoms with E-state index >= 15 is 17.6 Å². The van der Waals surface area contributed by atoms with Gasteiger partial charge < -0.3 is 0 Å². The van der Waals surface area contributed by atoms with E-state index in [4.69, 9.17) is 3.63 Å². The van der Waals surface area contributed by atoms with Gasteiger partial charge >= 0.3 is 21.3 Å².